The largest absolute Gasteiger partial charge is 1.00 e. The third kappa shape index (κ3) is 17.9. The zero-order valence-electron chi connectivity index (χ0n) is 22.0. The second-order valence-electron chi connectivity index (χ2n) is 7.90. The van der Waals surface area contributed by atoms with Crippen molar-refractivity contribution in [2.24, 2.45) is 5.92 Å². The van der Waals surface area contributed by atoms with E-state index < -0.39 is 24.2 Å². The Morgan fingerprint density at radius 3 is 2.25 bits per heavy atom. The molecule has 0 spiro atoms. The minimum absolute atomic E-state index is 0. The molecule has 12 heteroatoms. The monoisotopic (exact) mass is 711 g/mol. The first-order valence-corrected chi connectivity index (χ1v) is 11.2. The summed E-state index contributed by atoms with van der Waals surface area (Å²) in [5.41, 5.74) is 1.14. The maximum atomic E-state index is 12.4. The third-order valence-corrected chi connectivity index (χ3v) is 5.12. The van der Waals surface area contributed by atoms with Crippen molar-refractivity contribution in [3.63, 3.8) is 0 Å². The molecule has 0 bridgehead atoms. The summed E-state index contributed by atoms with van der Waals surface area (Å²) >= 11 is 0. The summed E-state index contributed by atoms with van der Waals surface area (Å²) < 4.78 is 5.28. The Morgan fingerprint density at radius 2 is 1.61 bits per heavy atom. The quantitative estimate of drug-likeness (QED) is 0.148. The number of benzene rings is 1. The summed E-state index contributed by atoms with van der Waals surface area (Å²) in [5.74, 6) is -1.92. The van der Waals surface area contributed by atoms with Gasteiger partial charge in [0.1, 0.15) is 11.6 Å². The van der Waals surface area contributed by atoms with Crippen molar-refractivity contribution in [3.05, 3.63) is 45.8 Å². The molecule has 1 aromatic carbocycles. The van der Waals surface area contributed by atoms with Gasteiger partial charge in [-0.3, -0.25) is 9.59 Å². The number of rotatable bonds is 13. The van der Waals surface area contributed by atoms with Gasteiger partial charge in [0.25, 0.3) is 0 Å². The number of ether oxygens (including phenoxy) is 1. The fourth-order valence-electron chi connectivity index (χ4n) is 3.45. The molecule has 9 nitrogen and oxygen atoms in total. The summed E-state index contributed by atoms with van der Waals surface area (Å²) in [4.78, 5) is 58.7. The SMILES string of the molecule is CC(=O)[N-]CCCOCC[N-]C(=O)CC(=O)[N-]c1ccc(CC(=O)C2CCCCC2=O)cc1.[Rb+].[Rb+].[Rb+]. The van der Waals surface area contributed by atoms with Gasteiger partial charge in [0.2, 0.25) is 0 Å². The van der Waals surface area contributed by atoms with Gasteiger partial charge in [-0.1, -0.05) is 30.7 Å². The van der Waals surface area contributed by atoms with E-state index in [1.807, 2.05) is 0 Å². The third-order valence-electron chi connectivity index (χ3n) is 5.12. The number of nitrogens with zero attached hydrogens (tertiary/aromatic N) is 3. The van der Waals surface area contributed by atoms with E-state index in [9.17, 15) is 24.0 Å². The molecule has 0 radical (unpaired) electrons. The van der Waals surface area contributed by atoms with Crippen LogP contribution in [-0.4, -0.2) is 55.6 Å². The van der Waals surface area contributed by atoms with Crippen LogP contribution in [0.25, 0.3) is 16.0 Å². The van der Waals surface area contributed by atoms with Crippen molar-refractivity contribution in [1.82, 2.24) is 0 Å². The summed E-state index contributed by atoms with van der Waals surface area (Å²) in [6.45, 7) is 2.58. The van der Waals surface area contributed by atoms with Gasteiger partial charge in [-0.05, 0) is 31.7 Å². The predicted octanol–water partition coefficient (Wildman–Crippen LogP) is -5.28. The van der Waals surface area contributed by atoms with Crippen LogP contribution < -0.4 is 175 Å². The first kappa shape index (κ1) is 40.5. The Balaban J connectivity index is 0. The Hall–Kier alpha value is 2.35. The number of carbonyl (C=O) groups excluding carboxylic acids is 5. The van der Waals surface area contributed by atoms with Crippen LogP contribution in [0.5, 0.6) is 0 Å². The Labute approximate surface area is 359 Å². The smallest absolute Gasteiger partial charge is 0.654 e. The van der Waals surface area contributed by atoms with Gasteiger partial charge in [0.05, 0.1) is 17.7 Å². The number of Topliss-reactive ketones (excluding diaryl/α,β-unsaturated/α-hetero) is 2. The molecule has 1 aliphatic carbocycles. The van der Waals surface area contributed by atoms with Crippen molar-refractivity contribution in [2.75, 3.05) is 26.3 Å². The Kier molecular flexibility index (Phi) is 27.0. The number of hydrogen-bond acceptors (Lipinski definition) is 6. The molecule has 1 atom stereocenters. The number of ketones is 2. The molecule has 2 rings (SSSR count). The van der Waals surface area contributed by atoms with Crippen LogP contribution in [0.15, 0.2) is 24.3 Å². The molecule has 1 aromatic rings. The maximum Gasteiger partial charge on any atom is 1.00 e. The maximum absolute atomic E-state index is 12.4. The first-order chi connectivity index (χ1) is 15.8. The standard InChI is InChI=1S/C24H33N3O6.3Rb/c1-17(28)25-11-4-13-33-14-12-26-23(31)16-24(32)27-19-9-7-18(8-10-19)15-22(30)20-5-2-3-6-21(20)29;;;/h7-10,20H,2-6,11-16H2,1H3,(H3,25,26,27,28,31,32);;;/q;3*+1/p-3. The van der Waals surface area contributed by atoms with Crippen LogP contribution in [0.1, 0.15) is 51.0 Å². The minimum atomic E-state index is -0.604. The molecule has 36 heavy (non-hydrogen) atoms. The van der Waals surface area contributed by atoms with Crippen LogP contribution >= 0.6 is 0 Å². The molecule has 0 aromatic heterocycles. The van der Waals surface area contributed by atoms with E-state index >= 15 is 0 Å². The van der Waals surface area contributed by atoms with Crippen LogP contribution in [0, 0.1) is 5.92 Å². The van der Waals surface area contributed by atoms with Crippen LogP contribution in [0.3, 0.4) is 0 Å². The molecule has 0 aliphatic heterocycles. The number of carbonyl (C=O) groups is 5. The average Bonchev–Trinajstić information content (AvgIpc) is 2.77. The molecule has 1 unspecified atom stereocenters. The molecule has 0 N–H and O–H groups in total. The zero-order chi connectivity index (χ0) is 24.1. The second-order valence-corrected chi connectivity index (χ2v) is 7.90. The van der Waals surface area contributed by atoms with Crippen LogP contribution in [0.2, 0.25) is 0 Å². The van der Waals surface area contributed by atoms with Crippen molar-refractivity contribution in [3.8, 4) is 0 Å². The van der Waals surface area contributed by atoms with Crippen molar-refractivity contribution in [1.29, 1.82) is 0 Å². The summed E-state index contributed by atoms with van der Waals surface area (Å²) in [5, 5.41) is 11.4. The second kappa shape index (κ2) is 24.0. The number of hydrogen-bond donors (Lipinski definition) is 0. The molecule has 1 aliphatic rings. The van der Waals surface area contributed by atoms with Crippen LogP contribution in [0.4, 0.5) is 5.69 Å². The van der Waals surface area contributed by atoms with Gasteiger partial charge < -0.3 is 35.1 Å². The normalized spacial score (nSPS) is 14.2. The molecular weight excluding hydrogens is 683 g/mol. The molecule has 3 amide bonds. The fraction of sp³-hybridized carbons (Fsp3) is 0.542. The predicted molar refractivity (Wildman–Crippen MR) is 122 cm³/mol. The van der Waals surface area contributed by atoms with Gasteiger partial charge in [-0.25, -0.2) is 0 Å². The van der Waals surface area contributed by atoms with E-state index in [0.717, 1.165) is 18.4 Å². The van der Waals surface area contributed by atoms with Gasteiger partial charge in [-0.2, -0.15) is 0 Å². The minimum Gasteiger partial charge on any atom is -0.654 e. The molecule has 1 saturated carbocycles. The van der Waals surface area contributed by atoms with E-state index in [1.54, 1.807) is 24.3 Å². The van der Waals surface area contributed by atoms with Crippen LogP contribution in [-0.2, 0) is 35.1 Å². The van der Waals surface area contributed by atoms with E-state index in [-0.39, 0.29) is 212 Å². The Morgan fingerprint density at radius 1 is 0.917 bits per heavy atom. The fourth-order valence-corrected chi connectivity index (χ4v) is 3.45. The Bertz CT molecular complexity index is 852. The van der Waals surface area contributed by atoms with E-state index in [1.165, 1.54) is 6.92 Å². The summed E-state index contributed by atoms with van der Waals surface area (Å²) in [7, 11) is 0. The topological polar surface area (TPSA) is 137 Å². The molecule has 0 heterocycles. The van der Waals surface area contributed by atoms with Gasteiger partial charge in [0, 0.05) is 38.4 Å². The van der Waals surface area contributed by atoms with Crippen molar-refractivity contribution in [2.45, 2.75) is 51.9 Å². The first-order valence-electron chi connectivity index (χ1n) is 11.2. The average molecular weight is 713 g/mol. The molecule has 180 valence electrons. The molecule has 1 fully saturated rings. The van der Waals surface area contributed by atoms with Gasteiger partial charge in [0.15, 0.2) is 0 Å². The van der Waals surface area contributed by atoms with E-state index in [0.29, 0.717) is 38.1 Å². The van der Waals surface area contributed by atoms with Crippen molar-refractivity contribution < 1.29 is 203 Å². The summed E-state index contributed by atoms with van der Waals surface area (Å²) in [6.07, 6.45) is 3.22. The van der Waals surface area contributed by atoms with E-state index in [4.69, 9.17) is 4.74 Å². The van der Waals surface area contributed by atoms with Crippen molar-refractivity contribution >= 4 is 35.0 Å². The van der Waals surface area contributed by atoms with Gasteiger partial charge >= 0.3 is 175 Å². The molecule has 0 saturated heterocycles. The number of amides is 3. The van der Waals surface area contributed by atoms with E-state index in [2.05, 4.69) is 16.0 Å². The zero-order valence-corrected chi connectivity index (χ0v) is 36.7. The summed E-state index contributed by atoms with van der Waals surface area (Å²) in [6, 6.07) is 6.61. The van der Waals surface area contributed by atoms with Gasteiger partial charge in [-0.15, -0.1) is 18.8 Å². The molecular formula is C24H30N3O6Rb3.